The summed E-state index contributed by atoms with van der Waals surface area (Å²) in [5.41, 5.74) is 4.68. The van der Waals surface area contributed by atoms with Gasteiger partial charge in [0, 0.05) is 56.4 Å². The molecule has 0 aromatic rings. The van der Waals surface area contributed by atoms with E-state index < -0.39 is 0 Å². The van der Waals surface area contributed by atoms with E-state index in [4.69, 9.17) is 9.47 Å². The third-order valence-electron chi connectivity index (χ3n) is 2.73. The summed E-state index contributed by atoms with van der Waals surface area (Å²) in [7, 11) is 2.00. The molecule has 6 heteroatoms. The van der Waals surface area contributed by atoms with Gasteiger partial charge in [0.2, 0.25) is 0 Å². The van der Waals surface area contributed by atoms with Crippen LogP contribution < -0.4 is 5.43 Å². The first-order valence-electron chi connectivity index (χ1n) is 6.39. The second-order valence-corrected chi connectivity index (χ2v) is 5.32. The van der Waals surface area contributed by atoms with Crippen LogP contribution in [0.3, 0.4) is 0 Å². The number of rotatable bonds is 7. The molecule has 0 aromatic heterocycles. The van der Waals surface area contributed by atoms with Crippen molar-refractivity contribution < 1.29 is 47.2 Å². The van der Waals surface area contributed by atoms with Gasteiger partial charge in [-0.3, -0.25) is 5.01 Å². The monoisotopic (exact) mass is 421 g/mol. The van der Waals surface area contributed by atoms with E-state index in [2.05, 4.69) is 44.3 Å². The quantitative estimate of drug-likeness (QED) is 0.382. The van der Waals surface area contributed by atoms with Gasteiger partial charge in [0.15, 0.2) is 0 Å². The van der Waals surface area contributed by atoms with Crippen LogP contribution in [-0.4, -0.2) is 50.1 Å². The van der Waals surface area contributed by atoms with Gasteiger partial charge < -0.3 is 21.8 Å². The Morgan fingerprint density at radius 3 is 2.37 bits per heavy atom. The van der Waals surface area contributed by atoms with Crippen LogP contribution in [0.25, 0.3) is 0 Å². The first kappa shape index (κ1) is 19.5. The molecule has 0 unspecified atom stereocenters. The van der Waals surface area contributed by atoms with Crippen molar-refractivity contribution in [1.82, 2.24) is 15.6 Å². The minimum absolute atomic E-state index is 0. The summed E-state index contributed by atoms with van der Waals surface area (Å²) in [5, 5.41) is 4.10. The Bertz CT molecular complexity index is 280. The molecule has 1 N–H and O–H groups in total. The van der Waals surface area contributed by atoms with E-state index in [1.807, 2.05) is 12.2 Å². The zero-order valence-electron chi connectivity index (χ0n) is 12.3. The van der Waals surface area contributed by atoms with Crippen molar-refractivity contribution in [2.24, 2.45) is 5.41 Å². The van der Waals surface area contributed by atoms with Crippen molar-refractivity contribution in [3.05, 3.63) is 18.8 Å². The van der Waals surface area contributed by atoms with Gasteiger partial charge >= 0.3 is 0 Å². The smallest absolute Gasteiger partial charge is 0.0699 e. The van der Waals surface area contributed by atoms with Gasteiger partial charge in [-0.2, -0.15) is 0 Å². The number of hydrazine groups is 2. The van der Waals surface area contributed by atoms with Crippen LogP contribution in [0.2, 0.25) is 0 Å². The molecular formula is C13H26HoN3O2-. The summed E-state index contributed by atoms with van der Waals surface area (Å²) in [6.45, 7) is 13.4. The summed E-state index contributed by atoms with van der Waals surface area (Å²) in [6.07, 6.45) is 2.13. The predicted molar refractivity (Wildman–Crippen MR) is 72.1 cm³/mol. The molecule has 5 nitrogen and oxygen atoms in total. The fourth-order valence-electron chi connectivity index (χ4n) is 1.56. The molecule has 0 fully saturated rings. The molecular weight excluding hydrogens is 395 g/mol. The minimum atomic E-state index is 0. The molecule has 0 aromatic carbocycles. The van der Waals surface area contributed by atoms with Gasteiger partial charge in [-0.05, 0) is 0 Å². The predicted octanol–water partition coefficient (Wildman–Crippen LogP) is 1.41. The van der Waals surface area contributed by atoms with Gasteiger partial charge in [-0.15, -0.1) is 5.12 Å². The van der Waals surface area contributed by atoms with Crippen LogP contribution in [-0.2, 0) is 9.47 Å². The van der Waals surface area contributed by atoms with Crippen LogP contribution in [0.15, 0.2) is 11.9 Å². The fourth-order valence-corrected chi connectivity index (χ4v) is 1.56. The topological polar surface area (TPSA) is 37.0 Å². The van der Waals surface area contributed by atoms with Crippen molar-refractivity contribution in [2.75, 3.05) is 40.0 Å². The average Bonchev–Trinajstić information content (AvgIpc) is 2.65. The summed E-state index contributed by atoms with van der Waals surface area (Å²) >= 11 is 0. The first-order chi connectivity index (χ1) is 8.45. The van der Waals surface area contributed by atoms with E-state index in [1.54, 1.807) is 0 Å². The molecule has 0 amide bonds. The third-order valence-corrected chi connectivity index (χ3v) is 2.73. The summed E-state index contributed by atoms with van der Waals surface area (Å²) in [5.74, 6) is 0. The number of nitrogens with one attached hydrogen (secondary N) is 1. The maximum atomic E-state index is 5.49. The van der Waals surface area contributed by atoms with Crippen LogP contribution in [0, 0.1) is 50.1 Å². The van der Waals surface area contributed by atoms with Crippen molar-refractivity contribution in [2.45, 2.75) is 20.8 Å². The van der Waals surface area contributed by atoms with Gasteiger partial charge in [0.05, 0.1) is 32.1 Å². The maximum Gasteiger partial charge on any atom is 0.0699 e. The van der Waals surface area contributed by atoms with Crippen molar-refractivity contribution in [3.8, 4) is 0 Å². The standard InChI is InChI=1S/C13H26N3O2.Ho/c1-6-17-9-10-18-8-7-16-11-12(13(2,3)4)14-15(16)5;/h11,14H,1,6-10H2,2-5H3;/q-1;. The van der Waals surface area contributed by atoms with E-state index in [1.165, 1.54) is 5.70 Å². The van der Waals surface area contributed by atoms with E-state index in [0.29, 0.717) is 26.4 Å². The van der Waals surface area contributed by atoms with Crippen LogP contribution in [0.4, 0.5) is 0 Å². The fraction of sp³-hybridized carbons (Fsp3) is 0.769. The molecule has 1 heterocycles. The number of nitrogens with zero attached hydrogens (tertiary/aromatic N) is 2. The molecule has 0 saturated heterocycles. The molecule has 1 radical (unpaired) electrons. The Morgan fingerprint density at radius 2 is 1.84 bits per heavy atom. The van der Waals surface area contributed by atoms with E-state index in [9.17, 15) is 0 Å². The maximum absolute atomic E-state index is 5.49. The molecule has 0 saturated carbocycles. The third kappa shape index (κ3) is 7.16. The summed E-state index contributed by atoms with van der Waals surface area (Å²) in [6, 6.07) is 0. The van der Waals surface area contributed by atoms with E-state index in [-0.39, 0.29) is 43.2 Å². The Morgan fingerprint density at radius 1 is 1.21 bits per heavy atom. The van der Waals surface area contributed by atoms with Crippen molar-refractivity contribution >= 4 is 0 Å². The normalized spacial score (nSPS) is 16.1. The van der Waals surface area contributed by atoms with Crippen molar-refractivity contribution in [3.63, 3.8) is 0 Å². The average molecular weight is 421 g/mol. The largest absolute Gasteiger partial charge is 0.411 e. The Balaban J connectivity index is 0.00000324. The van der Waals surface area contributed by atoms with Gasteiger partial charge in [-0.1, -0.05) is 27.4 Å². The van der Waals surface area contributed by atoms with E-state index >= 15 is 0 Å². The SMILES string of the molecule is [CH2-]COCCOCCN1C=C(C(C)(C)C)NN1C.[Ho]. The zero-order chi connectivity index (χ0) is 13.6. The Labute approximate surface area is 147 Å². The van der Waals surface area contributed by atoms with Gasteiger partial charge in [-0.25, -0.2) is 0 Å². The Hall–Kier alpha value is 0.480. The van der Waals surface area contributed by atoms with E-state index in [0.717, 1.165) is 6.54 Å². The molecule has 117 valence electrons. The molecule has 0 aliphatic carbocycles. The van der Waals surface area contributed by atoms with Crippen LogP contribution in [0.1, 0.15) is 20.8 Å². The molecule has 1 rings (SSSR count). The van der Waals surface area contributed by atoms with Crippen LogP contribution in [0.5, 0.6) is 0 Å². The van der Waals surface area contributed by atoms with Crippen LogP contribution >= 0.6 is 0 Å². The number of ether oxygens (including phenoxy) is 2. The number of hydrogen-bond acceptors (Lipinski definition) is 5. The number of hydrogen-bond donors (Lipinski definition) is 1. The molecule has 0 atom stereocenters. The van der Waals surface area contributed by atoms with Gasteiger partial charge in [0.1, 0.15) is 0 Å². The van der Waals surface area contributed by atoms with Crippen molar-refractivity contribution in [1.29, 1.82) is 0 Å². The zero-order valence-corrected chi connectivity index (χ0v) is 14.3. The second-order valence-electron chi connectivity index (χ2n) is 5.32. The van der Waals surface area contributed by atoms with Gasteiger partial charge in [0.25, 0.3) is 0 Å². The number of allylic oxidation sites excluding steroid dienone is 1. The first-order valence-corrected chi connectivity index (χ1v) is 6.39. The minimum Gasteiger partial charge on any atom is -0.411 e. The molecule has 1 aliphatic heterocycles. The summed E-state index contributed by atoms with van der Waals surface area (Å²) in [4.78, 5) is 0. The summed E-state index contributed by atoms with van der Waals surface area (Å²) < 4.78 is 10.6. The Kier molecular flexibility index (Phi) is 9.66. The second kappa shape index (κ2) is 9.42. The molecule has 0 spiro atoms. The molecule has 19 heavy (non-hydrogen) atoms. The molecule has 0 bridgehead atoms. The molecule has 1 aliphatic rings.